The molecule has 3 heteroatoms. The second-order valence-electron chi connectivity index (χ2n) is 5.31. The number of aryl methyl sites for hydroxylation is 1. The average Bonchev–Trinajstić information content (AvgIpc) is 2.32. The largest absolute Gasteiger partial charge is 0.396 e. The van der Waals surface area contributed by atoms with Crippen LogP contribution in [-0.2, 0) is 0 Å². The number of nitrogen functional groups attached to an aromatic ring is 1. The van der Waals surface area contributed by atoms with Crippen molar-refractivity contribution in [3.63, 3.8) is 0 Å². The van der Waals surface area contributed by atoms with Gasteiger partial charge in [-0.2, -0.15) is 0 Å². The summed E-state index contributed by atoms with van der Waals surface area (Å²) in [6.45, 7) is 4.38. The summed E-state index contributed by atoms with van der Waals surface area (Å²) in [5, 5.41) is 0. The first-order valence-corrected chi connectivity index (χ1v) is 6.55. The van der Waals surface area contributed by atoms with E-state index in [0.29, 0.717) is 6.04 Å². The molecule has 1 aromatic rings. The third kappa shape index (κ3) is 2.38. The van der Waals surface area contributed by atoms with E-state index >= 15 is 0 Å². The van der Waals surface area contributed by atoms with Crippen LogP contribution in [0.3, 0.4) is 0 Å². The van der Waals surface area contributed by atoms with Crippen LogP contribution in [0.1, 0.15) is 38.2 Å². The van der Waals surface area contributed by atoms with E-state index in [1.54, 1.807) is 0 Å². The molecule has 1 heterocycles. The number of anilines is 2. The molecule has 2 unspecified atom stereocenters. The van der Waals surface area contributed by atoms with Crippen molar-refractivity contribution in [3.8, 4) is 0 Å². The van der Waals surface area contributed by atoms with Gasteiger partial charge in [-0.1, -0.05) is 19.8 Å². The lowest BCUT2D eigenvalue weighted by Gasteiger charge is -2.37. The number of rotatable bonds is 2. The highest BCUT2D eigenvalue weighted by molar-refractivity contribution is 5.66. The molecule has 0 amide bonds. The first kappa shape index (κ1) is 12.2. The maximum atomic E-state index is 6.13. The van der Waals surface area contributed by atoms with Crippen LogP contribution in [0.5, 0.6) is 0 Å². The SMILES string of the molecule is Cc1ccnc(N(C)C2CCCCC2C)c1N. The summed E-state index contributed by atoms with van der Waals surface area (Å²) in [7, 11) is 2.13. The van der Waals surface area contributed by atoms with Crippen molar-refractivity contribution >= 4 is 11.5 Å². The maximum absolute atomic E-state index is 6.13. The van der Waals surface area contributed by atoms with Gasteiger partial charge < -0.3 is 10.6 Å². The van der Waals surface area contributed by atoms with Crippen LogP contribution in [-0.4, -0.2) is 18.1 Å². The fourth-order valence-electron chi connectivity index (χ4n) is 2.87. The summed E-state index contributed by atoms with van der Waals surface area (Å²) in [4.78, 5) is 6.73. The predicted octanol–water partition coefficient (Wildman–Crippen LogP) is 2.99. The Bertz CT molecular complexity index is 389. The molecule has 2 rings (SSSR count). The summed E-state index contributed by atoms with van der Waals surface area (Å²) in [5.74, 6) is 1.68. The predicted molar refractivity (Wildman–Crippen MR) is 73.2 cm³/mol. The van der Waals surface area contributed by atoms with Crippen molar-refractivity contribution in [2.75, 3.05) is 17.7 Å². The number of pyridine rings is 1. The Hall–Kier alpha value is -1.25. The Morgan fingerprint density at radius 1 is 1.35 bits per heavy atom. The Morgan fingerprint density at radius 2 is 2.06 bits per heavy atom. The van der Waals surface area contributed by atoms with Gasteiger partial charge in [-0.25, -0.2) is 4.98 Å². The summed E-state index contributed by atoms with van der Waals surface area (Å²) >= 11 is 0. The standard InChI is InChI=1S/C14H23N3/c1-10-6-4-5-7-12(10)17(3)14-13(15)11(2)8-9-16-14/h8-10,12H,4-7,15H2,1-3H3. The number of hydrogen-bond acceptors (Lipinski definition) is 3. The van der Waals surface area contributed by atoms with Crippen molar-refractivity contribution in [2.24, 2.45) is 5.92 Å². The fraction of sp³-hybridized carbons (Fsp3) is 0.643. The Balaban J connectivity index is 2.23. The highest BCUT2D eigenvalue weighted by atomic mass is 15.2. The van der Waals surface area contributed by atoms with Crippen molar-refractivity contribution in [3.05, 3.63) is 17.8 Å². The molecule has 2 atom stereocenters. The summed E-state index contributed by atoms with van der Waals surface area (Å²) in [6.07, 6.45) is 7.12. The van der Waals surface area contributed by atoms with E-state index in [0.717, 1.165) is 23.0 Å². The number of aromatic nitrogens is 1. The van der Waals surface area contributed by atoms with Gasteiger partial charge in [0.2, 0.25) is 0 Å². The highest BCUT2D eigenvalue weighted by Gasteiger charge is 2.26. The second kappa shape index (κ2) is 4.94. The van der Waals surface area contributed by atoms with Gasteiger partial charge in [0.25, 0.3) is 0 Å². The van der Waals surface area contributed by atoms with Gasteiger partial charge >= 0.3 is 0 Å². The van der Waals surface area contributed by atoms with Crippen molar-refractivity contribution < 1.29 is 0 Å². The van der Waals surface area contributed by atoms with Gasteiger partial charge in [0.15, 0.2) is 5.82 Å². The van der Waals surface area contributed by atoms with Crippen LogP contribution in [0.15, 0.2) is 12.3 Å². The van der Waals surface area contributed by atoms with E-state index in [4.69, 9.17) is 5.73 Å². The molecule has 1 fully saturated rings. The van der Waals surface area contributed by atoms with Crippen molar-refractivity contribution in [2.45, 2.75) is 45.6 Å². The molecule has 0 bridgehead atoms. The van der Waals surface area contributed by atoms with Crippen LogP contribution < -0.4 is 10.6 Å². The van der Waals surface area contributed by atoms with E-state index in [1.807, 2.05) is 19.2 Å². The molecule has 3 nitrogen and oxygen atoms in total. The number of nitrogens with two attached hydrogens (primary N) is 1. The first-order chi connectivity index (χ1) is 8.11. The summed E-state index contributed by atoms with van der Waals surface area (Å²) < 4.78 is 0. The van der Waals surface area contributed by atoms with E-state index < -0.39 is 0 Å². The van der Waals surface area contributed by atoms with Gasteiger partial charge in [0, 0.05) is 19.3 Å². The molecular formula is C14H23N3. The zero-order valence-electron chi connectivity index (χ0n) is 11.1. The zero-order chi connectivity index (χ0) is 12.4. The van der Waals surface area contributed by atoms with Crippen LogP contribution in [0.2, 0.25) is 0 Å². The smallest absolute Gasteiger partial charge is 0.152 e. The van der Waals surface area contributed by atoms with Crippen molar-refractivity contribution in [1.29, 1.82) is 0 Å². The van der Waals surface area contributed by atoms with E-state index in [1.165, 1.54) is 25.7 Å². The van der Waals surface area contributed by atoms with E-state index in [9.17, 15) is 0 Å². The van der Waals surface area contributed by atoms with Crippen molar-refractivity contribution in [1.82, 2.24) is 4.98 Å². The fourth-order valence-corrected chi connectivity index (χ4v) is 2.87. The molecule has 0 spiro atoms. The lowest BCUT2D eigenvalue weighted by molar-refractivity contribution is 0.321. The van der Waals surface area contributed by atoms with Gasteiger partial charge in [-0.15, -0.1) is 0 Å². The van der Waals surface area contributed by atoms with Crippen LogP contribution in [0.25, 0.3) is 0 Å². The minimum absolute atomic E-state index is 0.584. The molecule has 1 saturated carbocycles. The van der Waals surface area contributed by atoms with Crippen LogP contribution >= 0.6 is 0 Å². The van der Waals surface area contributed by atoms with Crippen LogP contribution in [0, 0.1) is 12.8 Å². The summed E-state index contributed by atoms with van der Waals surface area (Å²) in [5.41, 5.74) is 8.07. The Kier molecular flexibility index (Phi) is 3.55. The molecular weight excluding hydrogens is 210 g/mol. The molecule has 0 radical (unpaired) electrons. The average molecular weight is 233 g/mol. The molecule has 0 aromatic carbocycles. The maximum Gasteiger partial charge on any atom is 0.152 e. The molecule has 2 N–H and O–H groups in total. The Morgan fingerprint density at radius 3 is 2.76 bits per heavy atom. The second-order valence-corrected chi connectivity index (χ2v) is 5.31. The number of hydrogen-bond donors (Lipinski definition) is 1. The lowest BCUT2D eigenvalue weighted by atomic mass is 9.85. The normalized spacial score (nSPS) is 24.6. The van der Waals surface area contributed by atoms with Gasteiger partial charge in [-0.3, -0.25) is 0 Å². The zero-order valence-corrected chi connectivity index (χ0v) is 11.1. The molecule has 94 valence electrons. The third-order valence-electron chi connectivity index (χ3n) is 4.08. The minimum Gasteiger partial charge on any atom is -0.396 e. The van der Waals surface area contributed by atoms with E-state index in [-0.39, 0.29) is 0 Å². The number of nitrogens with zero attached hydrogens (tertiary/aromatic N) is 2. The highest BCUT2D eigenvalue weighted by Crippen LogP contribution is 2.32. The van der Waals surface area contributed by atoms with Gasteiger partial charge in [0.1, 0.15) is 0 Å². The quantitative estimate of drug-likeness (QED) is 0.854. The topological polar surface area (TPSA) is 42.2 Å². The lowest BCUT2D eigenvalue weighted by Crippen LogP contribution is -2.39. The Labute approximate surface area is 104 Å². The van der Waals surface area contributed by atoms with Crippen LogP contribution in [0.4, 0.5) is 11.5 Å². The third-order valence-corrected chi connectivity index (χ3v) is 4.08. The molecule has 0 saturated heterocycles. The molecule has 1 aliphatic rings. The first-order valence-electron chi connectivity index (χ1n) is 6.55. The van der Waals surface area contributed by atoms with Gasteiger partial charge in [-0.05, 0) is 37.3 Å². The monoisotopic (exact) mass is 233 g/mol. The molecule has 0 aliphatic heterocycles. The summed E-state index contributed by atoms with van der Waals surface area (Å²) in [6, 6.07) is 2.55. The van der Waals surface area contributed by atoms with Gasteiger partial charge in [0.05, 0.1) is 5.69 Å². The molecule has 17 heavy (non-hydrogen) atoms. The minimum atomic E-state index is 0.584. The van der Waals surface area contributed by atoms with E-state index in [2.05, 4.69) is 23.9 Å². The molecule has 1 aliphatic carbocycles. The molecule has 1 aromatic heterocycles.